The lowest BCUT2D eigenvalue weighted by Gasteiger charge is -2.09. The second kappa shape index (κ2) is 8.84. The fourth-order valence-electron chi connectivity index (χ4n) is 4.73. The molecule has 10 heteroatoms. The molecule has 0 fully saturated rings. The Labute approximate surface area is 225 Å². The summed E-state index contributed by atoms with van der Waals surface area (Å²) in [6.45, 7) is 0. The van der Waals surface area contributed by atoms with Gasteiger partial charge in [-0.15, -0.1) is 10.2 Å². The minimum absolute atomic E-state index is 0.252. The topological polar surface area (TPSA) is 129 Å². The van der Waals surface area contributed by atoms with Crippen LogP contribution in [-0.4, -0.2) is 50.1 Å². The molecule has 0 atom stereocenters. The molecule has 8 aromatic rings. The van der Waals surface area contributed by atoms with E-state index in [0.29, 0.717) is 28.5 Å². The minimum Gasteiger partial charge on any atom is -0.254 e. The molecule has 0 radical (unpaired) electrons. The van der Waals surface area contributed by atoms with Crippen molar-refractivity contribution in [3.63, 3.8) is 0 Å². The largest absolute Gasteiger partial charge is 0.254 e. The molecule has 40 heavy (non-hydrogen) atoms. The lowest BCUT2D eigenvalue weighted by molar-refractivity contribution is 0.974. The summed E-state index contributed by atoms with van der Waals surface area (Å²) >= 11 is 0. The summed E-state index contributed by atoms with van der Waals surface area (Å²) in [7, 11) is 0. The number of hydrogen-bond donors (Lipinski definition) is 0. The van der Waals surface area contributed by atoms with Crippen LogP contribution in [0.25, 0.3) is 78.4 Å². The van der Waals surface area contributed by atoms with Gasteiger partial charge < -0.3 is 0 Å². The van der Waals surface area contributed by atoms with E-state index in [1.807, 2.05) is 78.9 Å². The lowest BCUT2D eigenvalue weighted by atomic mass is 10.1. The Morgan fingerprint density at radius 3 is 1.88 bits per heavy atom. The highest BCUT2D eigenvalue weighted by atomic mass is 15.2. The molecular formula is C30H16N10. The van der Waals surface area contributed by atoms with E-state index in [0.717, 1.165) is 38.3 Å². The van der Waals surface area contributed by atoms with Crippen molar-refractivity contribution >= 4 is 43.7 Å². The third kappa shape index (κ3) is 3.58. The number of para-hydroxylation sites is 1. The smallest absolute Gasteiger partial charge is 0.220 e. The Kier molecular flexibility index (Phi) is 4.89. The van der Waals surface area contributed by atoms with E-state index in [-0.39, 0.29) is 11.6 Å². The average molecular weight is 517 g/mol. The molecule has 0 N–H and O–H groups in total. The number of aromatic nitrogens is 10. The quantitative estimate of drug-likeness (QED) is 0.287. The summed E-state index contributed by atoms with van der Waals surface area (Å²) in [5, 5.41) is 11.6. The van der Waals surface area contributed by atoms with Crippen LogP contribution in [0.3, 0.4) is 0 Å². The van der Waals surface area contributed by atoms with Gasteiger partial charge >= 0.3 is 0 Å². The molecule has 0 aliphatic rings. The lowest BCUT2D eigenvalue weighted by Crippen LogP contribution is -2.05. The molecule has 186 valence electrons. The maximum absolute atomic E-state index is 4.91. The van der Waals surface area contributed by atoms with E-state index in [1.165, 1.54) is 0 Å². The Morgan fingerprint density at radius 2 is 1.07 bits per heavy atom. The molecule has 0 aliphatic carbocycles. The number of rotatable bonds is 3. The van der Waals surface area contributed by atoms with Crippen molar-refractivity contribution in [1.82, 2.24) is 50.1 Å². The predicted molar refractivity (Wildman–Crippen MR) is 151 cm³/mol. The molecule has 0 saturated carbocycles. The number of nitrogens with zero attached hydrogens (tertiary/aromatic N) is 10. The zero-order chi connectivity index (χ0) is 26.5. The van der Waals surface area contributed by atoms with Crippen LogP contribution >= 0.6 is 0 Å². The van der Waals surface area contributed by atoms with Gasteiger partial charge in [0.05, 0.1) is 16.6 Å². The first-order valence-electron chi connectivity index (χ1n) is 12.5. The highest BCUT2D eigenvalue weighted by Gasteiger charge is 2.19. The number of pyridine rings is 2. The molecule has 10 nitrogen and oxygen atoms in total. The van der Waals surface area contributed by atoms with Gasteiger partial charge in [-0.1, -0.05) is 48.5 Å². The highest BCUT2D eigenvalue weighted by Crippen LogP contribution is 2.31. The molecular weight excluding hydrogens is 500 g/mol. The van der Waals surface area contributed by atoms with Crippen LogP contribution < -0.4 is 0 Å². The summed E-state index contributed by atoms with van der Waals surface area (Å²) in [4.78, 5) is 37.5. The summed E-state index contributed by atoms with van der Waals surface area (Å²) in [6, 6.07) is 25.0. The van der Waals surface area contributed by atoms with Crippen LogP contribution in [0.2, 0.25) is 0 Å². The third-order valence-electron chi connectivity index (χ3n) is 6.59. The van der Waals surface area contributed by atoms with Crippen molar-refractivity contribution in [2.45, 2.75) is 0 Å². The van der Waals surface area contributed by atoms with E-state index in [9.17, 15) is 0 Å². The zero-order valence-electron chi connectivity index (χ0n) is 20.7. The Hall–Kier alpha value is -5.90. The van der Waals surface area contributed by atoms with E-state index >= 15 is 0 Å². The average Bonchev–Trinajstić information content (AvgIpc) is 3.04. The van der Waals surface area contributed by atoms with Gasteiger partial charge in [-0.2, -0.15) is 0 Å². The highest BCUT2D eigenvalue weighted by molar-refractivity contribution is 6.20. The van der Waals surface area contributed by atoms with Gasteiger partial charge in [-0.05, 0) is 30.3 Å². The molecule has 0 unspecified atom stereocenters. The van der Waals surface area contributed by atoms with Gasteiger partial charge in [0.25, 0.3) is 0 Å². The fourth-order valence-corrected chi connectivity index (χ4v) is 4.73. The summed E-state index contributed by atoms with van der Waals surface area (Å²) < 4.78 is 0. The first kappa shape index (κ1) is 22.1. The van der Waals surface area contributed by atoms with E-state index in [1.54, 1.807) is 18.6 Å². The molecule has 0 aliphatic heterocycles. The van der Waals surface area contributed by atoms with Gasteiger partial charge in [0.2, 0.25) is 17.5 Å². The van der Waals surface area contributed by atoms with Crippen molar-refractivity contribution in [3.05, 3.63) is 97.5 Å². The van der Waals surface area contributed by atoms with Crippen LogP contribution in [0.4, 0.5) is 0 Å². The SMILES string of the molecule is c1ccc(-c2nc(-c3ncc4ccccc4n3)nc(-c3nnc4c5cccnc5c5ncccc5c4n3)n2)cc1. The van der Waals surface area contributed by atoms with Crippen molar-refractivity contribution in [2.75, 3.05) is 0 Å². The van der Waals surface area contributed by atoms with Crippen molar-refractivity contribution in [2.24, 2.45) is 0 Å². The van der Waals surface area contributed by atoms with Crippen LogP contribution in [0.15, 0.2) is 97.5 Å². The zero-order valence-corrected chi connectivity index (χ0v) is 20.7. The van der Waals surface area contributed by atoms with Crippen LogP contribution in [-0.2, 0) is 0 Å². The van der Waals surface area contributed by atoms with Crippen molar-refractivity contribution < 1.29 is 0 Å². The Balaban J connectivity index is 1.38. The molecule has 5 aromatic heterocycles. The molecule has 3 aromatic carbocycles. The summed E-state index contributed by atoms with van der Waals surface area (Å²) in [6.07, 6.45) is 5.24. The third-order valence-corrected chi connectivity index (χ3v) is 6.59. The minimum atomic E-state index is 0.252. The van der Waals surface area contributed by atoms with E-state index < -0.39 is 0 Å². The van der Waals surface area contributed by atoms with Gasteiger partial charge in [-0.25, -0.2) is 29.9 Å². The fraction of sp³-hybridized carbons (Fsp3) is 0. The monoisotopic (exact) mass is 516 g/mol. The summed E-state index contributed by atoms with van der Waals surface area (Å²) in [5.74, 6) is 1.66. The molecule has 5 heterocycles. The van der Waals surface area contributed by atoms with Gasteiger partial charge in [0.1, 0.15) is 11.0 Å². The second-order valence-electron chi connectivity index (χ2n) is 9.06. The van der Waals surface area contributed by atoms with Crippen molar-refractivity contribution in [3.8, 4) is 34.7 Å². The standard InChI is InChI=1S/C30H16N10/c1-2-8-17(9-3-1)26-36-28(27-33-16-18-10-4-5-13-21(18)34-27)38-29(37-26)30-35-24-19-11-6-14-31-22(19)23-20(12-7-15-32-23)25(24)39-40-30/h1-16H. The van der Waals surface area contributed by atoms with Crippen LogP contribution in [0.1, 0.15) is 0 Å². The van der Waals surface area contributed by atoms with Gasteiger partial charge in [0, 0.05) is 40.3 Å². The predicted octanol–water partition coefficient (Wildman–Crippen LogP) is 5.25. The molecule has 0 amide bonds. The molecule has 0 saturated heterocycles. The number of benzene rings is 3. The number of fused-ring (bicyclic) bond motifs is 7. The van der Waals surface area contributed by atoms with Crippen LogP contribution in [0, 0.1) is 0 Å². The molecule has 0 spiro atoms. The van der Waals surface area contributed by atoms with Crippen LogP contribution in [0.5, 0.6) is 0 Å². The van der Waals surface area contributed by atoms with Gasteiger partial charge in [-0.3, -0.25) is 9.97 Å². The Morgan fingerprint density at radius 1 is 0.400 bits per heavy atom. The first-order chi connectivity index (χ1) is 19.8. The van der Waals surface area contributed by atoms with E-state index in [2.05, 4.69) is 25.1 Å². The normalized spacial score (nSPS) is 11.5. The number of hydrogen-bond acceptors (Lipinski definition) is 10. The first-order valence-corrected chi connectivity index (χ1v) is 12.5. The maximum Gasteiger partial charge on any atom is 0.220 e. The Bertz CT molecular complexity index is 2200. The van der Waals surface area contributed by atoms with E-state index in [4.69, 9.17) is 24.9 Å². The molecule has 8 rings (SSSR count). The van der Waals surface area contributed by atoms with Crippen molar-refractivity contribution in [1.29, 1.82) is 0 Å². The second-order valence-corrected chi connectivity index (χ2v) is 9.06. The maximum atomic E-state index is 4.91. The summed E-state index contributed by atoms with van der Waals surface area (Å²) in [5.41, 5.74) is 4.36. The molecule has 0 bridgehead atoms. The van der Waals surface area contributed by atoms with Gasteiger partial charge in [0.15, 0.2) is 11.6 Å².